The highest BCUT2D eigenvalue weighted by atomic mass is 35.5. The molecule has 0 aliphatic rings. The van der Waals surface area contributed by atoms with Gasteiger partial charge in [-0.1, -0.05) is 29.3 Å². The van der Waals surface area contributed by atoms with E-state index in [9.17, 15) is 14.8 Å². The second kappa shape index (κ2) is 11.5. The Morgan fingerprint density at radius 1 is 1.24 bits per heavy atom. The lowest BCUT2D eigenvalue weighted by Crippen LogP contribution is -2.30. The summed E-state index contributed by atoms with van der Waals surface area (Å²) in [5, 5.41) is 17.5. The number of hydrogen-bond donors (Lipinski definition) is 2. The molecule has 9 nitrogen and oxygen atoms in total. The van der Waals surface area contributed by atoms with E-state index in [4.69, 9.17) is 27.9 Å². The number of amides is 1. The third kappa shape index (κ3) is 7.10. The zero-order valence-corrected chi connectivity index (χ0v) is 19.3. The number of benzene rings is 1. The molecule has 2 N–H and O–H groups in total. The Morgan fingerprint density at radius 3 is 2.70 bits per heavy atom. The van der Waals surface area contributed by atoms with Crippen LogP contribution in [0.1, 0.15) is 34.8 Å². The van der Waals surface area contributed by atoms with Gasteiger partial charge in [0.15, 0.2) is 5.49 Å². The average molecular weight is 492 g/mol. The Labute approximate surface area is 200 Å². The molecular weight excluding hydrogens is 469 g/mol. The smallest absolute Gasteiger partial charge is 0.307 e. The van der Waals surface area contributed by atoms with Crippen LogP contribution in [0.2, 0.25) is 10.0 Å². The van der Waals surface area contributed by atoms with E-state index in [1.807, 2.05) is 0 Å². The molecule has 0 saturated heterocycles. The van der Waals surface area contributed by atoms with E-state index in [0.29, 0.717) is 46.2 Å². The van der Waals surface area contributed by atoms with Crippen LogP contribution in [0.4, 0.5) is 0 Å². The van der Waals surface area contributed by atoms with Crippen LogP contribution in [-0.4, -0.2) is 45.2 Å². The Kier molecular flexibility index (Phi) is 8.51. The fraction of sp³-hybridized carbons (Fsp3) is 0.273. The van der Waals surface area contributed by atoms with Crippen LogP contribution in [-0.2, 0) is 16.1 Å². The minimum Gasteiger partial charge on any atom is -0.469 e. The van der Waals surface area contributed by atoms with E-state index >= 15 is 0 Å². The lowest BCUT2D eigenvalue weighted by atomic mass is 10.0. The molecular formula is C22H23Cl2N5O4. The van der Waals surface area contributed by atoms with Gasteiger partial charge in [-0.15, -0.1) is 0 Å². The van der Waals surface area contributed by atoms with E-state index in [0.717, 1.165) is 4.73 Å². The molecule has 2 heterocycles. The maximum absolute atomic E-state index is 12.8. The number of ether oxygens (including phenoxy) is 1. The van der Waals surface area contributed by atoms with Crippen molar-refractivity contribution in [2.24, 2.45) is 4.99 Å². The largest absolute Gasteiger partial charge is 0.469 e. The molecule has 0 aliphatic carbocycles. The number of aryl methyl sites for hydroxylation is 1. The Morgan fingerprint density at radius 2 is 2.00 bits per heavy atom. The second-order valence-electron chi connectivity index (χ2n) is 7.14. The van der Waals surface area contributed by atoms with Gasteiger partial charge in [0.05, 0.1) is 31.3 Å². The number of nitrogens with zero attached hydrogens (tertiary/aromatic N) is 4. The van der Waals surface area contributed by atoms with Crippen molar-refractivity contribution in [1.82, 2.24) is 19.8 Å². The predicted octanol–water partition coefficient (Wildman–Crippen LogP) is 3.25. The molecule has 0 bridgehead atoms. The number of pyridine rings is 1. The molecule has 11 heteroatoms. The maximum Gasteiger partial charge on any atom is 0.307 e. The van der Waals surface area contributed by atoms with Crippen LogP contribution >= 0.6 is 23.2 Å². The molecule has 0 radical (unpaired) electrons. The summed E-state index contributed by atoms with van der Waals surface area (Å²) in [4.78, 5) is 29.0. The number of rotatable bonds is 9. The zero-order chi connectivity index (χ0) is 23.8. The number of methoxy groups -OCH3 is 1. The van der Waals surface area contributed by atoms with Crippen molar-refractivity contribution in [1.29, 1.82) is 0 Å². The monoisotopic (exact) mass is 491 g/mol. The van der Waals surface area contributed by atoms with E-state index in [1.165, 1.54) is 19.5 Å². The second-order valence-corrected chi connectivity index (χ2v) is 8.01. The lowest BCUT2D eigenvalue weighted by Gasteiger charge is -2.18. The summed E-state index contributed by atoms with van der Waals surface area (Å²) in [5.74, 6) is -0.889. The molecule has 2 aromatic heterocycles. The number of nitrogens with one attached hydrogen (secondary N) is 1. The summed E-state index contributed by atoms with van der Waals surface area (Å²) in [5.41, 5.74) is 1.38. The Hall–Kier alpha value is -3.30. The van der Waals surface area contributed by atoms with Crippen LogP contribution in [0.25, 0.3) is 0 Å². The molecule has 0 aliphatic heterocycles. The molecule has 1 atom stereocenters. The minimum absolute atomic E-state index is 0.0844. The van der Waals surface area contributed by atoms with Crippen LogP contribution in [0.5, 0.6) is 0 Å². The first-order valence-corrected chi connectivity index (χ1v) is 10.8. The fourth-order valence-electron chi connectivity index (χ4n) is 3.10. The molecule has 3 rings (SSSR count). The summed E-state index contributed by atoms with van der Waals surface area (Å²) < 4.78 is 7.34. The van der Waals surface area contributed by atoms with Gasteiger partial charge in [0.1, 0.15) is 0 Å². The summed E-state index contributed by atoms with van der Waals surface area (Å²) >= 11 is 12.2. The van der Waals surface area contributed by atoms with Gasteiger partial charge in [-0.05, 0) is 42.3 Å². The third-order valence-corrected chi connectivity index (χ3v) is 5.16. The van der Waals surface area contributed by atoms with E-state index < -0.39 is 17.9 Å². The van der Waals surface area contributed by atoms with Gasteiger partial charge in [-0.2, -0.15) is 9.83 Å². The predicted molar refractivity (Wildman–Crippen MR) is 122 cm³/mol. The summed E-state index contributed by atoms with van der Waals surface area (Å²) in [7, 11) is 1.28. The lowest BCUT2D eigenvalue weighted by molar-refractivity contribution is -0.141. The van der Waals surface area contributed by atoms with Crippen LogP contribution in [0.3, 0.4) is 0 Å². The molecule has 3 aromatic rings. The Bertz CT molecular complexity index is 1170. The van der Waals surface area contributed by atoms with Crippen molar-refractivity contribution < 1.29 is 19.5 Å². The topological polar surface area (TPSA) is 111 Å². The number of aromatic nitrogens is 3. The molecule has 1 amide bonds. The van der Waals surface area contributed by atoms with Crippen LogP contribution < -0.4 is 10.8 Å². The first-order valence-electron chi connectivity index (χ1n) is 10.1. The maximum atomic E-state index is 12.8. The summed E-state index contributed by atoms with van der Waals surface area (Å²) in [6.45, 7) is 1.01. The van der Waals surface area contributed by atoms with Crippen molar-refractivity contribution in [3.8, 4) is 0 Å². The summed E-state index contributed by atoms with van der Waals surface area (Å²) in [6, 6.07) is 9.35. The molecule has 0 saturated carbocycles. The van der Waals surface area contributed by atoms with Crippen molar-refractivity contribution in [3.05, 3.63) is 81.6 Å². The van der Waals surface area contributed by atoms with Crippen LogP contribution in [0, 0.1) is 0 Å². The van der Waals surface area contributed by atoms with E-state index in [1.54, 1.807) is 47.3 Å². The van der Waals surface area contributed by atoms with Crippen LogP contribution in [0.15, 0.2) is 60.0 Å². The highest BCUT2D eigenvalue weighted by molar-refractivity contribution is 6.34. The fourth-order valence-corrected chi connectivity index (χ4v) is 3.64. The van der Waals surface area contributed by atoms with Gasteiger partial charge in [-0.25, -0.2) is 0 Å². The van der Waals surface area contributed by atoms with Crippen molar-refractivity contribution in [2.45, 2.75) is 25.4 Å². The van der Waals surface area contributed by atoms with E-state index in [-0.39, 0.29) is 6.42 Å². The van der Waals surface area contributed by atoms with Gasteiger partial charge < -0.3 is 15.3 Å². The normalized spacial score (nSPS) is 12.4. The molecule has 0 spiro atoms. The van der Waals surface area contributed by atoms with E-state index in [2.05, 4.69) is 15.4 Å². The Balaban J connectivity index is 1.64. The number of carbonyl (C=O) groups excluding carboxylic acids is 2. The number of hydrogen-bond acceptors (Lipinski definition) is 6. The highest BCUT2D eigenvalue weighted by Crippen LogP contribution is 2.26. The quantitative estimate of drug-likeness (QED) is 0.271. The van der Waals surface area contributed by atoms with Gasteiger partial charge in [0, 0.05) is 35.5 Å². The average Bonchev–Trinajstić information content (AvgIpc) is 3.25. The van der Waals surface area contributed by atoms with Crippen molar-refractivity contribution in [2.75, 3.05) is 13.7 Å². The number of carbonyl (C=O) groups is 2. The van der Waals surface area contributed by atoms with Gasteiger partial charge in [-0.3, -0.25) is 19.3 Å². The molecule has 33 heavy (non-hydrogen) atoms. The van der Waals surface area contributed by atoms with Gasteiger partial charge in [0.2, 0.25) is 0 Å². The van der Waals surface area contributed by atoms with Crippen molar-refractivity contribution >= 4 is 35.1 Å². The molecule has 0 fully saturated rings. The first-order chi connectivity index (χ1) is 15.9. The minimum atomic E-state index is -0.681. The van der Waals surface area contributed by atoms with Gasteiger partial charge >= 0.3 is 5.97 Å². The zero-order valence-electron chi connectivity index (χ0n) is 17.8. The number of halogens is 2. The summed E-state index contributed by atoms with van der Waals surface area (Å²) in [6.07, 6.45) is 5.14. The third-order valence-electron chi connectivity index (χ3n) is 4.72. The van der Waals surface area contributed by atoms with Gasteiger partial charge in [0.25, 0.3) is 5.91 Å². The highest BCUT2D eigenvalue weighted by Gasteiger charge is 2.21. The molecule has 174 valence electrons. The standard InChI is InChI=1S/C22H23Cl2N5O4/c1-33-21(30)12-19(15-9-17(23)11-18(24)10-15)27-22(31)16-13-26-28(14-16)7-4-6-25-20-5-2-3-8-29(20)32/h2-3,5,8-11,13-14,19,32H,4,6-7,12H2,1H3,(H,27,31)/t19-/m0/s1. The molecule has 1 aromatic carbocycles. The number of esters is 1. The van der Waals surface area contributed by atoms with Crippen molar-refractivity contribution in [3.63, 3.8) is 0 Å². The first kappa shape index (κ1) is 24.3. The SMILES string of the molecule is COC(=O)C[C@H](NC(=O)c1cnn(CCCN=c2ccccn2O)c1)c1cc(Cl)cc(Cl)c1. The molecule has 0 unspecified atom stereocenters.